The van der Waals surface area contributed by atoms with Gasteiger partial charge in [0.05, 0.1) is 19.0 Å². The molecule has 0 unspecified atom stereocenters. The molecule has 0 spiro atoms. The van der Waals surface area contributed by atoms with Crippen molar-refractivity contribution >= 4 is 10.0 Å². The highest BCUT2D eigenvalue weighted by molar-refractivity contribution is 7.88. The van der Waals surface area contributed by atoms with Crippen molar-refractivity contribution in [3.63, 3.8) is 0 Å². The van der Waals surface area contributed by atoms with E-state index in [9.17, 15) is 8.42 Å². The van der Waals surface area contributed by atoms with Crippen LogP contribution in [0.5, 0.6) is 0 Å². The number of hydrogen-bond acceptors (Lipinski definition) is 4. The molecule has 16 heavy (non-hydrogen) atoms. The molecular formula is C10H15NO4S. The zero-order chi connectivity index (χ0) is 11.9. The molecule has 0 heterocycles. The van der Waals surface area contributed by atoms with E-state index in [2.05, 4.69) is 0 Å². The molecule has 1 aromatic rings. The van der Waals surface area contributed by atoms with Gasteiger partial charge in [0.1, 0.15) is 0 Å². The zero-order valence-electron chi connectivity index (χ0n) is 9.05. The normalized spacial score (nSPS) is 11.6. The standard InChI is InChI=1S/C10H15NO4S/c1-14-7-8-15-11-16(12,13)9-10-5-3-2-4-6-10/h2-6,11H,7-9H2,1H3. The van der Waals surface area contributed by atoms with Gasteiger partial charge in [-0.15, -0.1) is 0 Å². The van der Waals surface area contributed by atoms with Crippen LogP contribution in [0.15, 0.2) is 30.3 Å². The van der Waals surface area contributed by atoms with Crippen LogP contribution in [0.25, 0.3) is 0 Å². The van der Waals surface area contributed by atoms with Crippen molar-refractivity contribution in [2.75, 3.05) is 20.3 Å². The van der Waals surface area contributed by atoms with Gasteiger partial charge in [0, 0.05) is 7.11 Å². The number of ether oxygens (including phenoxy) is 1. The van der Waals surface area contributed by atoms with E-state index in [0.717, 1.165) is 0 Å². The quantitative estimate of drug-likeness (QED) is 0.567. The number of rotatable bonds is 7. The number of hydrogen-bond donors (Lipinski definition) is 1. The van der Waals surface area contributed by atoms with Crippen LogP contribution in [0.4, 0.5) is 0 Å². The summed E-state index contributed by atoms with van der Waals surface area (Å²) >= 11 is 0. The summed E-state index contributed by atoms with van der Waals surface area (Å²) in [6.07, 6.45) is 0. The molecule has 0 saturated carbocycles. The Morgan fingerprint density at radius 1 is 1.19 bits per heavy atom. The van der Waals surface area contributed by atoms with Gasteiger partial charge in [-0.05, 0) is 5.56 Å². The molecule has 0 aromatic heterocycles. The third-order valence-corrected chi connectivity index (χ3v) is 2.86. The topological polar surface area (TPSA) is 64.6 Å². The van der Waals surface area contributed by atoms with Crippen LogP contribution in [0.2, 0.25) is 0 Å². The van der Waals surface area contributed by atoms with Crippen molar-refractivity contribution in [1.82, 2.24) is 4.89 Å². The van der Waals surface area contributed by atoms with E-state index in [1.165, 1.54) is 7.11 Å². The fourth-order valence-corrected chi connectivity index (χ4v) is 2.03. The Bertz CT molecular complexity index is 391. The Morgan fingerprint density at radius 3 is 2.50 bits per heavy atom. The Morgan fingerprint density at radius 2 is 1.88 bits per heavy atom. The molecule has 0 fully saturated rings. The average Bonchev–Trinajstić information content (AvgIpc) is 2.25. The molecule has 1 N–H and O–H groups in total. The minimum Gasteiger partial charge on any atom is -0.382 e. The van der Waals surface area contributed by atoms with Crippen molar-refractivity contribution in [2.24, 2.45) is 0 Å². The Hall–Kier alpha value is -0.950. The predicted molar refractivity (Wildman–Crippen MR) is 60.0 cm³/mol. The molecule has 0 bridgehead atoms. The number of sulfonamides is 1. The van der Waals surface area contributed by atoms with Gasteiger partial charge in [-0.2, -0.15) is 0 Å². The summed E-state index contributed by atoms with van der Waals surface area (Å²) in [6, 6.07) is 8.90. The van der Waals surface area contributed by atoms with E-state index in [0.29, 0.717) is 12.2 Å². The molecule has 1 aromatic carbocycles. The molecule has 0 radical (unpaired) electrons. The third kappa shape index (κ3) is 5.22. The molecule has 0 saturated heterocycles. The molecule has 0 amide bonds. The van der Waals surface area contributed by atoms with Gasteiger partial charge >= 0.3 is 0 Å². The Labute approximate surface area is 95.4 Å². The lowest BCUT2D eigenvalue weighted by Crippen LogP contribution is -2.26. The number of nitrogens with one attached hydrogen (secondary N) is 1. The highest BCUT2D eigenvalue weighted by atomic mass is 32.2. The lowest BCUT2D eigenvalue weighted by atomic mass is 10.2. The average molecular weight is 245 g/mol. The van der Waals surface area contributed by atoms with Crippen molar-refractivity contribution in [2.45, 2.75) is 5.75 Å². The summed E-state index contributed by atoms with van der Waals surface area (Å²) < 4.78 is 27.7. The molecule has 0 aliphatic rings. The van der Waals surface area contributed by atoms with Crippen LogP contribution in [-0.2, 0) is 25.4 Å². The maximum atomic E-state index is 11.5. The summed E-state index contributed by atoms with van der Waals surface area (Å²) in [5, 5.41) is 0. The second-order valence-corrected chi connectivity index (χ2v) is 4.85. The Kier molecular flexibility index (Phi) is 5.41. The summed E-state index contributed by atoms with van der Waals surface area (Å²) in [4.78, 5) is 6.78. The van der Waals surface area contributed by atoms with E-state index >= 15 is 0 Å². The SMILES string of the molecule is COCCONS(=O)(=O)Cc1ccccc1. The molecule has 90 valence electrons. The molecule has 5 nitrogen and oxygen atoms in total. The summed E-state index contributed by atoms with van der Waals surface area (Å²) in [5.74, 6) is -0.0964. The van der Waals surface area contributed by atoms with E-state index < -0.39 is 10.0 Å². The fourth-order valence-electron chi connectivity index (χ4n) is 1.08. The summed E-state index contributed by atoms with van der Waals surface area (Å²) in [5.41, 5.74) is 0.713. The zero-order valence-corrected chi connectivity index (χ0v) is 9.87. The maximum Gasteiger partial charge on any atom is 0.237 e. The second kappa shape index (κ2) is 6.59. The number of methoxy groups -OCH3 is 1. The van der Waals surface area contributed by atoms with Gasteiger partial charge in [-0.3, -0.25) is 4.84 Å². The summed E-state index contributed by atoms with van der Waals surface area (Å²) in [7, 11) is -1.93. The highest BCUT2D eigenvalue weighted by Crippen LogP contribution is 2.03. The minimum atomic E-state index is -3.44. The van der Waals surface area contributed by atoms with Crippen molar-refractivity contribution in [3.05, 3.63) is 35.9 Å². The maximum absolute atomic E-state index is 11.5. The largest absolute Gasteiger partial charge is 0.382 e. The van der Waals surface area contributed by atoms with E-state index in [4.69, 9.17) is 9.57 Å². The first-order valence-corrected chi connectivity index (χ1v) is 6.43. The van der Waals surface area contributed by atoms with Crippen molar-refractivity contribution in [3.8, 4) is 0 Å². The lowest BCUT2D eigenvalue weighted by molar-refractivity contribution is 0.0438. The van der Waals surface area contributed by atoms with Crippen LogP contribution in [-0.4, -0.2) is 28.7 Å². The molecule has 0 aliphatic heterocycles. The first-order chi connectivity index (χ1) is 7.64. The molecule has 0 aliphatic carbocycles. The molecular weight excluding hydrogens is 230 g/mol. The Balaban J connectivity index is 2.40. The van der Waals surface area contributed by atoms with Gasteiger partial charge in [0.2, 0.25) is 10.0 Å². The smallest absolute Gasteiger partial charge is 0.237 e. The van der Waals surface area contributed by atoms with Gasteiger partial charge in [-0.1, -0.05) is 35.2 Å². The van der Waals surface area contributed by atoms with Crippen LogP contribution >= 0.6 is 0 Å². The first kappa shape index (κ1) is 13.1. The van der Waals surface area contributed by atoms with Crippen LogP contribution in [0, 0.1) is 0 Å². The van der Waals surface area contributed by atoms with Crippen molar-refractivity contribution in [1.29, 1.82) is 0 Å². The van der Waals surface area contributed by atoms with Gasteiger partial charge in [-0.25, -0.2) is 8.42 Å². The summed E-state index contributed by atoms with van der Waals surface area (Å²) in [6.45, 7) is 0.526. The van der Waals surface area contributed by atoms with Crippen LogP contribution < -0.4 is 4.89 Å². The number of benzene rings is 1. The van der Waals surface area contributed by atoms with E-state index in [1.807, 2.05) is 11.0 Å². The van der Waals surface area contributed by atoms with E-state index in [1.54, 1.807) is 24.3 Å². The molecule has 6 heteroatoms. The van der Waals surface area contributed by atoms with Gasteiger partial charge in [0.25, 0.3) is 0 Å². The monoisotopic (exact) mass is 245 g/mol. The highest BCUT2D eigenvalue weighted by Gasteiger charge is 2.10. The van der Waals surface area contributed by atoms with Crippen molar-refractivity contribution < 1.29 is 18.0 Å². The van der Waals surface area contributed by atoms with Gasteiger partial charge < -0.3 is 4.74 Å². The predicted octanol–water partition coefficient (Wildman–Crippen LogP) is 0.684. The van der Waals surface area contributed by atoms with Crippen LogP contribution in [0.3, 0.4) is 0 Å². The first-order valence-electron chi connectivity index (χ1n) is 4.78. The second-order valence-electron chi connectivity index (χ2n) is 3.17. The third-order valence-electron chi connectivity index (χ3n) is 1.77. The molecule has 1 rings (SSSR count). The van der Waals surface area contributed by atoms with E-state index in [-0.39, 0.29) is 12.4 Å². The fraction of sp³-hybridized carbons (Fsp3) is 0.400. The lowest BCUT2D eigenvalue weighted by Gasteiger charge is -2.06. The molecule has 0 atom stereocenters. The minimum absolute atomic E-state index is 0.0964. The van der Waals surface area contributed by atoms with Gasteiger partial charge in [0.15, 0.2) is 0 Å². The van der Waals surface area contributed by atoms with Crippen LogP contribution in [0.1, 0.15) is 5.56 Å².